The Morgan fingerprint density at radius 3 is 2.43 bits per heavy atom. The van der Waals surface area contributed by atoms with Gasteiger partial charge in [0.25, 0.3) is 5.91 Å². The van der Waals surface area contributed by atoms with Crippen LogP contribution in [0.4, 0.5) is 10.1 Å². The summed E-state index contributed by atoms with van der Waals surface area (Å²) < 4.78 is 14.2. The highest BCUT2D eigenvalue weighted by molar-refractivity contribution is 9.10. The summed E-state index contributed by atoms with van der Waals surface area (Å²) in [4.78, 5) is 23.9. The van der Waals surface area contributed by atoms with E-state index in [0.717, 1.165) is 16.8 Å². The van der Waals surface area contributed by atoms with Gasteiger partial charge in [-0.25, -0.2) is 4.39 Å². The van der Waals surface area contributed by atoms with Crippen molar-refractivity contribution in [1.82, 2.24) is 5.32 Å². The van der Waals surface area contributed by atoms with Gasteiger partial charge in [0.2, 0.25) is 5.91 Å². The number of amides is 2. The lowest BCUT2D eigenvalue weighted by Gasteiger charge is -2.12. The lowest BCUT2D eigenvalue weighted by atomic mass is 10.1. The Kier molecular flexibility index (Phi) is 5.50. The minimum absolute atomic E-state index is 0.112. The fraction of sp³-hybridized carbons (Fsp3) is 0.176. The van der Waals surface area contributed by atoms with Crippen LogP contribution in [0, 0.1) is 19.7 Å². The zero-order chi connectivity index (χ0) is 17.0. The SMILES string of the molecule is Cc1cccc(C)c1NC(=O)CNC(=O)c1cc(Br)ccc1F. The fourth-order valence-electron chi connectivity index (χ4n) is 2.12. The Balaban J connectivity index is 1.99. The summed E-state index contributed by atoms with van der Waals surface area (Å²) in [6.45, 7) is 3.54. The Hall–Kier alpha value is -2.21. The first-order chi connectivity index (χ1) is 10.9. The van der Waals surface area contributed by atoms with E-state index in [-0.39, 0.29) is 18.0 Å². The first-order valence-electron chi connectivity index (χ1n) is 6.98. The predicted molar refractivity (Wildman–Crippen MR) is 91.0 cm³/mol. The molecule has 2 N–H and O–H groups in total. The molecule has 2 aromatic rings. The van der Waals surface area contributed by atoms with E-state index in [2.05, 4.69) is 26.6 Å². The van der Waals surface area contributed by atoms with Crippen LogP contribution in [-0.4, -0.2) is 18.4 Å². The molecule has 0 fully saturated rings. The van der Waals surface area contributed by atoms with Crippen LogP contribution in [0.25, 0.3) is 0 Å². The number of halogens is 2. The number of carbonyl (C=O) groups is 2. The van der Waals surface area contributed by atoms with Gasteiger partial charge in [-0.15, -0.1) is 0 Å². The number of aryl methyl sites for hydroxylation is 2. The maximum atomic E-state index is 13.6. The molecule has 0 saturated heterocycles. The highest BCUT2D eigenvalue weighted by Crippen LogP contribution is 2.19. The molecule has 0 bridgehead atoms. The standard InChI is InChI=1S/C17H16BrFN2O2/c1-10-4-3-5-11(2)16(10)21-15(22)9-20-17(23)13-8-12(18)6-7-14(13)19/h3-8H,9H2,1-2H3,(H,20,23)(H,21,22). The van der Waals surface area contributed by atoms with Crippen molar-refractivity contribution in [3.63, 3.8) is 0 Å². The van der Waals surface area contributed by atoms with Gasteiger partial charge in [0, 0.05) is 10.2 Å². The van der Waals surface area contributed by atoms with Crippen molar-refractivity contribution in [3.05, 3.63) is 63.4 Å². The summed E-state index contributed by atoms with van der Waals surface area (Å²) in [5.41, 5.74) is 2.48. The smallest absolute Gasteiger partial charge is 0.254 e. The third-order valence-electron chi connectivity index (χ3n) is 3.33. The van der Waals surface area contributed by atoms with Gasteiger partial charge < -0.3 is 10.6 Å². The van der Waals surface area contributed by atoms with Gasteiger partial charge in [0.05, 0.1) is 12.1 Å². The van der Waals surface area contributed by atoms with Crippen LogP contribution in [0.1, 0.15) is 21.5 Å². The minimum atomic E-state index is -0.638. The zero-order valence-electron chi connectivity index (χ0n) is 12.7. The van der Waals surface area contributed by atoms with Crippen LogP contribution in [0.2, 0.25) is 0 Å². The largest absolute Gasteiger partial charge is 0.343 e. The molecule has 4 nitrogen and oxygen atoms in total. The number of benzene rings is 2. The van der Waals surface area contributed by atoms with Crippen molar-refractivity contribution in [3.8, 4) is 0 Å². The van der Waals surface area contributed by atoms with Gasteiger partial charge in [0.1, 0.15) is 5.82 Å². The highest BCUT2D eigenvalue weighted by atomic mass is 79.9. The van der Waals surface area contributed by atoms with Crippen LogP contribution >= 0.6 is 15.9 Å². The van der Waals surface area contributed by atoms with E-state index in [4.69, 9.17) is 0 Å². The normalized spacial score (nSPS) is 10.3. The van der Waals surface area contributed by atoms with E-state index < -0.39 is 11.7 Å². The fourth-order valence-corrected chi connectivity index (χ4v) is 2.48. The van der Waals surface area contributed by atoms with E-state index in [0.29, 0.717) is 4.47 Å². The van der Waals surface area contributed by atoms with Crippen LogP contribution in [0.5, 0.6) is 0 Å². The minimum Gasteiger partial charge on any atom is -0.343 e. The number of rotatable bonds is 4. The molecule has 0 aromatic heterocycles. The lowest BCUT2D eigenvalue weighted by Crippen LogP contribution is -2.33. The van der Waals surface area contributed by atoms with Crippen molar-refractivity contribution in [2.45, 2.75) is 13.8 Å². The number of anilines is 1. The maximum Gasteiger partial charge on any atom is 0.254 e. The zero-order valence-corrected chi connectivity index (χ0v) is 14.3. The average Bonchev–Trinajstić information content (AvgIpc) is 2.51. The Morgan fingerprint density at radius 2 is 1.78 bits per heavy atom. The Labute approximate surface area is 142 Å². The van der Waals surface area contributed by atoms with Crippen LogP contribution in [-0.2, 0) is 4.79 Å². The summed E-state index contributed by atoms with van der Waals surface area (Å²) in [6, 6.07) is 9.73. The molecule has 0 saturated carbocycles. The third kappa shape index (κ3) is 4.39. The molecule has 23 heavy (non-hydrogen) atoms. The van der Waals surface area contributed by atoms with Gasteiger partial charge in [-0.2, -0.15) is 0 Å². The summed E-state index contributed by atoms with van der Waals surface area (Å²) >= 11 is 3.18. The van der Waals surface area contributed by atoms with Crippen molar-refractivity contribution in [2.75, 3.05) is 11.9 Å². The molecular weight excluding hydrogens is 363 g/mol. The molecule has 0 heterocycles. The van der Waals surface area contributed by atoms with Gasteiger partial charge >= 0.3 is 0 Å². The van der Waals surface area contributed by atoms with E-state index >= 15 is 0 Å². The number of hydrogen-bond acceptors (Lipinski definition) is 2. The lowest BCUT2D eigenvalue weighted by molar-refractivity contribution is -0.115. The van der Waals surface area contributed by atoms with Gasteiger partial charge in [-0.1, -0.05) is 34.1 Å². The molecule has 2 aromatic carbocycles. The molecule has 120 valence electrons. The van der Waals surface area contributed by atoms with Crippen LogP contribution < -0.4 is 10.6 Å². The second-order valence-corrected chi connectivity index (χ2v) is 6.04. The summed E-state index contributed by atoms with van der Waals surface area (Å²) in [5, 5.41) is 5.17. The molecule has 0 unspecified atom stereocenters. The number of carbonyl (C=O) groups excluding carboxylic acids is 2. The molecular formula is C17H16BrFN2O2. The van der Waals surface area contributed by atoms with E-state index in [1.165, 1.54) is 18.2 Å². The second kappa shape index (κ2) is 7.37. The van der Waals surface area contributed by atoms with Crippen molar-refractivity contribution >= 4 is 33.4 Å². The second-order valence-electron chi connectivity index (χ2n) is 5.12. The molecule has 0 aliphatic carbocycles. The van der Waals surface area contributed by atoms with Gasteiger partial charge in [-0.3, -0.25) is 9.59 Å². The summed E-state index contributed by atoms with van der Waals surface area (Å²) in [7, 11) is 0. The van der Waals surface area contributed by atoms with Crippen molar-refractivity contribution < 1.29 is 14.0 Å². The first-order valence-corrected chi connectivity index (χ1v) is 7.77. The number of hydrogen-bond donors (Lipinski definition) is 2. The molecule has 0 radical (unpaired) electrons. The van der Waals surface area contributed by atoms with Gasteiger partial charge in [0.15, 0.2) is 0 Å². The van der Waals surface area contributed by atoms with Crippen LogP contribution in [0.15, 0.2) is 40.9 Å². The van der Waals surface area contributed by atoms with Crippen molar-refractivity contribution in [2.24, 2.45) is 0 Å². The molecule has 2 amide bonds. The Morgan fingerprint density at radius 1 is 1.13 bits per heavy atom. The highest BCUT2D eigenvalue weighted by Gasteiger charge is 2.14. The summed E-state index contributed by atoms with van der Waals surface area (Å²) in [5.74, 6) is -1.65. The molecule has 6 heteroatoms. The third-order valence-corrected chi connectivity index (χ3v) is 3.82. The van der Waals surface area contributed by atoms with E-state index in [9.17, 15) is 14.0 Å². The molecule has 0 aliphatic rings. The van der Waals surface area contributed by atoms with Gasteiger partial charge in [-0.05, 0) is 43.2 Å². The predicted octanol–water partition coefficient (Wildman–Crippen LogP) is 3.57. The van der Waals surface area contributed by atoms with E-state index in [1.807, 2.05) is 32.0 Å². The Bertz CT molecular complexity index is 742. The van der Waals surface area contributed by atoms with E-state index in [1.54, 1.807) is 0 Å². The number of nitrogens with one attached hydrogen (secondary N) is 2. The summed E-state index contributed by atoms with van der Waals surface area (Å²) in [6.07, 6.45) is 0. The number of para-hydroxylation sites is 1. The topological polar surface area (TPSA) is 58.2 Å². The monoisotopic (exact) mass is 378 g/mol. The molecule has 0 spiro atoms. The maximum absolute atomic E-state index is 13.6. The van der Waals surface area contributed by atoms with Crippen molar-refractivity contribution in [1.29, 1.82) is 0 Å². The molecule has 0 atom stereocenters. The average molecular weight is 379 g/mol. The first kappa shape index (κ1) is 17.1. The molecule has 2 rings (SSSR count). The molecule has 0 aliphatic heterocycles. The van der Waals surface area contributed by atoms with Crippen LogP contribution in [0.3, 0.4) is 0 Å². The quantitative estimate of drug-likeness (QED) is 0.854.